The second kappa shape index (κ2) is 3.64. The molecule has 0 amide bonds. The van der Waals surface area contributed by atoms with Crippen LogP contribution in [0.15, 0.2) is 29.6 Å². The van der Waals surface area contributed by atoms with Crippen LogP contribution in [-0.2, 0) is 0 Å². The van der Waals surface area contributed by atoms with E-state index in [9.17, 15) is 0 Å². The summed E-state index contributed by atoms with van der Waals surface area (Å²) in [7, 11) is 0. The van der Waals surface area contributed by atoms with Crippen LogP contribution in [-0.4, -0.2) is 0 Å². The van der Waals surface area contributed by atoms with Crippen LogP contribution in [0.25, 0.3) is 11.1 Å². The highest BCUT2D eigenvalue weighted by Crippen LogP contribution is 2.31. The molecule has 0 bridgehead atoms. The first-order valence-electron chi connectivity index (χ1n) is 4.27. The van der Waals surface area contributed by atoms with Gasteiger partial charge in [0.15, 0.2) is 0 Å². The molecule has 0 saturated heterocycles. The second-order valence-electron chi connectivity index (χ2n) is 3.18. The molecule has 14 heavy (non-hydrogen) atoms. The van der Waals surface area contributed by atoms with E-state index in [2.05, 4.69) is 18.4 Å². The first-order valence-corrected chi connectivity index (χ1v) is 5.53. The fourth-order valence-electron chi connectivity index (χ4n) is 1.36. The van der Waals surface area contributed by atoms with Crippen LogP contribution < -0.4 is 5.73 Å². The molecular weight excluding hydrogens is 214 g/mol. The topological polar surface area (TPSA) is 26.0 Å². The van der Waals surface area contributed by atoms with Crippen LogP contribution in [0, 0.1) is 6.92 Å². The molecule has 2 N–H and O–H groups in total. The lowest BCUT2D eigenvalue weighted by atomic mass is 10.1. The van der Waals surface area contributed by atoms with Crippen LogP contribution in [0.4, 0.5) is 5.69 Å². The zero-order valence-corrected chi connectivity index (χ0v) is 9.32. The molecule has 0 atom stereocenters. The van der Waals surface area contributed by atoms with Crippen molar-refractivity contribution in [1.29, 1.82) is 0 Å². The van der Waals surface area contributed by atoms with Crippen LogP contribution in [0.5, 0.6) is 0 Å². The molecule has 0 aliphatic carbocycles. The fourth-order valence-corrected chi connectivity index (χ4v) is 2.24. The minimum Gasteiger partial charge on any atom is -0.398 e. The van der Waals surface area contributed by atoms with Gasteiger partial charge in [0.2, 0.25) is 0 Å². The number of aryl methyl sites for hydroxylation is 1. The lowest BCUT2D eigenvalue weighted by molar-refractivity contribution is 1.61. The number of hydrogen-bond acceptors (Lipinski definition) is 2. The van der Waals surface area contributed by atoms with Crippen molar-refractivity contribution in [3.8, 4) is 11.1 Å². The van der Waals surface area contributed by atoms with Gasteiger partial charge in [0, 0.05) is 21.2 Å². The summed E-state index contributed by atoms with van der Waals surface area (Å²) >= 11 is 7.64. The van der Waals surface area contributed by atoms with Gasteiger partial charge in [-0.05, 0) is 42.1 Å². The van der Waals surface area contributed by atoms with Gasteiger partial charge in [-0.25, -0.2) is 0 Å². The molecule has 0 unspecified atom stereocenters. The van der Waals surface area contributed by atoms with Gasteiger partial charge in [-0.15, -0.1) is 11.3 Å². The monoisotopic (exact) mass is 223 g/mol. The Labute approximate surface area is 92.1 Å². The van der Waals surface area contributed by atoms with E-state index in [0.29, 0.717) is 0 Å². The molecule has 3 heteroatoms. The van der Waals surface area contributed by atoms with Crippen molar-refractivity contribution in [2.24, 2.45) is 0 Å². The lowest BCUT2D eigenvalue weighted by Crippen LogP contribution is -1.88. The van der Waals surface area contributed by atoms with Crippen molar-refractivity contribution in [3.05, 3.63) is 39.5 Å². The first-order chi connectivity index (χ1) is 6.66. The van der Waals surface area contributed by atoms with E-state index in [1.54, 1.807) is 17.4 Å². The largest absolute Gasteiger partial charge is 0.398 e. The van der Waals surface area contributed by atoms with Crippen molar-refractivity contribution in [1.82, 2.24) is 0 Å². The van der Waals surface area contributed by atoms with E-state index in [1.807, 2.05) is 12.1 Å². The quantitative estimate of drug-likeness (QED) is 0.728. The molecule has 1 nitrogen and oxygen atoms in total. The van der Waals surface area contributed by atoms with Crippen LogP contribution in [0.2, 0.25) is 5.02 Å². The molecule has 2 aromatic rings. The lowest BCUT2D eigenvalue weighted by Gasteiger charge is -2.03. The first kappa shape index (κ1) is 9.56. The van der Waals surface area contributed by atoms with Gasteiger partial charge in [-0.1, -0.05) is 11.6 Å². The third kappa shape index (κ3) is 1.76. The van der Waals surface area contributed by atoms with Gasteiger partial charge in [-0.3, -0.25) is 0 Å². The molecule has 2 rings (SSSR count). The minimum atomic E-state index is 0.720. The standard InChI is InChI=1S/C11H10ClNS/c1-7-4-8(6-14-7)10-5-9(12)2-3-11(10)13/h2-6H,13H2,1H3. The van der Waals surface area contributed by atoms with Gasteiger partial charge in [0.25, 0.3) is 0 Å². The maximum atomic E-state index is 5.92. The smallest absolute Gasteiger partial charge is 0.0413 e. The maximum Gasteiger partial charge on any atom is 0.0413 e. The molecule has 0 fully saturated rings. The van der Waals surface area contributed by atoms with Crippen molar-refractivity contribution in [2.45, 2.75) is 6.92 Å². The van der Waals surface area contributed by atoms with Crippen molar-refractivity contribution >= 4 is 28.6 Å². The van der Waals surface area contributed by atoms with E-state index < -0.39 is 0 Å². The molecule has 1 aromatic carbocycles. The van der Waals surface area contributed by atoms with E-state index in [0.717, 1.165) is 21.8 Å². The second-order valence-corrected chi connectivity index (χ2v) is 4.73. The van der Waals surface area contributed by atoms with Crippen LogP contribution in [0.1, 0.15) is 4.88 Å². The van der Waals surface area contributed by atoms with Gasteiger partial charge in [0.1, 0.15) is 0 Å². The van der Waals surface area contributed by atoms with E-state index in [1.165, 1.54) is 4.88 Å². The molecule has 0 radical (unpaired) electrons. The number of anilines is 1. The fraction of sp³-hybridized carbons (Fsp3) is 0.0909. The molecule has 1 heterocycles. The average molecular weight is 224 g/mol. The van der Waals surface area contributed by atoms with Crippen molar-refractivity contribution < 1.29 is 0 Å². The van der Waals surface area contributed by atoms with E-state index in [-0.39, 0.29) is 0 Å². The number of thiophene rings is 1. The number of benzene rings is 1. The number of halogens is 1. The SMILES string of the molecule is Cc1cc(-c2cc(Cl)ccc2N)cs1. The Bertz CT molecular complexity index is 462. The summed E-state index contributed by atoms with van der Waals surface area (Å²) < 4.78 is 0. The molecule has 0 aliphatic heterocycles. The van der Waals surface area contributed by atoms with Gasteiger partial charge in [-0.2, -0.15) is 0 Å². The van der Waals surface area contributed by atoms with Gasteiger partial charge in [0.05, 0.1) is 0 Å². The highest BCUT2D eigenvalue weighted by atomic mass is 35.5. The molecule has 72 valence electrons. The highest BCUT2D eigenvalue weighted by Gasteiger charge is 2.04. The Balaban J connectivity index is 2.55. The molecule has 0 spiro atoms. The number of hydrogen-bond donors (Lipinski definition) is 1. The van der Waals surface area contributed by atoms with Crippen molar-refractivity contribution in [2.75, 3.05) is 5.73 Å². The maximum absolute atomic E-state index is 5.92. The molecule has 1 aromatic heterocycles. The number of rotatable bonds is 1. The van der Waals surface area contributed by atoms with Crippen LogP contribution >= 0.6 is 22.9 Å². The van der Waals surface area contributed by atoms with Gasteiger partial charge >= 0.3 is 0 Å². The van der Waals surface area contributed by atoms with Crippen LogP contribution in [0.3, 0.4) is 0 Å². The Morgan fingerprint density at radius 1 is 1.29 bits per heavy atom. The predicted molar refractivity (Wildman–Crippen MR) is 63.9 cm³/mol. The average Bonchev–Trinajstić information content (AvgIpc) is 2.56. The Morgan fingerprint density at radius 3 is 2.71 bits per heavy atom. The highest BCUT2D eigenvalue weighted by molar-refractivity contribution is 7.10. The summed E-state index contributed by atoms with van der Waals surface area (Å²) in [5, 5.41) is 2.82. The zero-order valence-electron chi connectivity index (χ0n) is 7.75. The van der Waals surface area contributed by atoms with E-state index in [4.69, 9.17) is 17.3 Å². The Hall–Kier alpha value is -0.990. The molecular formula is C11H10ClNS. The summed E-state index contributed by atoms with van der Waals surface area (Å²) in [4.78, 5) is 1.28. The minimum absolute atomic E-state index is 0.720. The number of nitrogen functional groups attached to an aromatic ring is 1. The summed E-state index contributed by atoms with van der Waals surface area (Å²) in [6.45, 7) is 2.08. The third-order valence-electron chi connectivity index (χ3n) is 2.06. The van der Waals surface area contributed by atoms with Gasteiger partial charge < -0.3 is 5.73 Å². The van der Waals surface area contributed by atoms with Crippen molar-refractivity contribution in [3.63, 3.8) is 0 Å². The summed E-state index contributed by atoms with van der Waals surface area (Å²) in [6, 6.07) is 7.66. The molecule has 0 saturated carbocycles. The molecule has 0 aliphatic rings. The zero-order chi connectivity index (χ0) is 10.1. The summed E-state index contributed by atoms with van der Waals surface area (Å²) in [5.41, 5.74) is 8.81. The Morgan fingerprint density at radius 2 is 2.07 bits per heavy atom. The van der Waals surface area contributed by atoms with E-state index >= 15 is 0 Å². The predicted octanol–water partition coefficient (Wildman–Crippen LogP) is 3.96. The summed E-state index contributed by atoms with van der Waals surface area (Å²) in [6.07, 6.45) is 0. The third-order valence-corrected chi connectivity index (χ3v) is 3.15. The number of nitrogens with two attached hydrogens (primary N) is 1. The summed E-state index contributed by atoms with van der Waals surface area (Å²) in [5.74, 6) is 0. The Kier molecular flexibility index (Phi) is 2.48. The normalized spacial score (nSPS) is 10.4.